The smallest absolute Gasteiger partial charge is 0.164 e. The molecule has 0 aliphatic carbocycles. The van der Waals surface area contributed by atoms with E-state index in [2.05, 4.69) is 164 Å². The highest BCUT2D eigenvalue weighted by Crippen LogP contribution is 2.39. The summed E-state index contributed by atoms with van der Waals surface area (Å²) in [5, 5.41) is 7.13. The molecule has 9 aromatic rings. The Morgan fingerprint density at radius 2 is 0.688 bits per heavy atom. The SMILES string of the molecule is c1ccc(-c2ccc(-c3nc(-c4ccc(-c5ccccc5)cc4)nc(-c4cc5ccccc5c5c4ccc4ccccc45)n3)cc2)cc1. The first kappa shape index (κ1) is 27.8. The summed E-state index contributed by atoms with van der Waals surface area (Å²) in [6, 6.07) is 61.6. The summed E-state index contributed by atoms with van der Waals surface area (Å²) in [4.78, 5) is 15.4. The van der Waals surface area contributed by atoms with Gasteiger partial charge < -0.3 is 0 Å². The Morgan fingerprint density at radius 3 is 1.25 bits per heavy atom. The predicted octanol–water partition coefficient (Wildman–Crippen LogP) is 11.7. The van der Waals surface area contributed by atoms with Gasteiger partial charge in [0.15, 0.2) is 17.5 Å². The van der Waals surface area contributed by atoms with Crippen LogP contribution < -0.4 is 0 Å². The van der Waals surface area contributed by atoms with Gasteiger partial charge in [-0.2, -0.15) is 0 Å². The zero-order chi connectivity index (χ0) is 31.9. The highest BCUT2D eigenvalue weighted by Gasteiger charge is 2.17. The fraction of sp³-hybridized carbons (Fsp3) is 0. The molecule has 0 radical (unpaired) electrons. The highest BCUT2D eigenvalue weighted by molar-refractivity contribution is 6.23. The lowest BCUT2D eigenvalue weighted by molar-refractivity contribution is 1.08. The molecular weight excluding hydrogens is 583 g/mol. The van der Waals surface area contributed by atoms with Crippen molar-refractivity contribution in [3.05, 3.63) is 176 Å². The topological polar surface area (TPSA) is 38.7 Å². The fourth-order valence-corrected chi connectivity index (χ4v) is 6.69. The Kier molecular flexibility index (Phi) is 6.80. The molecule has 0 aliphatic rings. The Morgan fingerprint density at radius 1 is 0.271 bits per heavy atom. The molecule has 224 valence electrons. The normalized spacial score (nSPS) is 11.3. The van der Waals surface area contributed by atoms with E-state index in [9.17, 15) is 0 Å². The van der Waals surface area contributed by atoms with Gasteiger partial charge in [0.2, 0.25) is 0 Å². The Balaban J connectivity index is 1.26. The minimum absolute atomic E-state index is 0.642. The largest absolute Gasteiger partial charge is 0.208 e. The van der Waals surface area contributed by atoms with Gasteiger partial charge in [-0.1, -0.05) is 170 Å². The molecule has 0 bridgehead atoms. The van der Waals surface area contributed by atoms with Gasteiger partial charge in [0.05, 0.1) is 0 Å². The number of rotatable bonds is 5. The van der Waals surface area contributed by atoms with Gasteiger partial charge in [0.1, 0.15) is 0 Å². The van der Waals surface area contributed by atoms with E-state index >= 15 is 0 Å². The molecule has 0 amide bonds. The second-order valence-electron chi connectivity index (χ2n) is 12.0. The second-order valence-corrected chi connectivity index (χ2v) is 12.0. The Bertz CT molecular complexity index is 2460. The van der Waals surface area contributed by atoms with Crippen molar-refractivity contribution in [3.8, 4) is 56.4 Å². The third kappa shape index (κ3) is 4.99. The number of hydrogen-bond donors (Lipinski definition) is 0. The number of hydrogen-bond acceptors (Lipinski definition) is 3. The zero-order valence-corrected chi connectivity index (χ0v) is 26.1. The van der Waals surface area contributed by atoms with Crippen molar-refractivity contribution in [1.82, 2.24) is 15.0 Å². The van der Waals surface area contributed by atoms with Crippen LogP contribution in [-0.2, 0) is 0 Å². The third-order valence-corrected chi connectivity index (χ3v) is 9.13. The number of nitrogens with zero attached hydrogens (tertiary/aromatic N) is 3. The van der Waals surface area contributed by atoms with Crippen LogP contribution in [-0.4, -0.2) is 15.0 Å². The number of fused-ring (bicyclic) bond motifs is 5. The molecule has 1 aromatic heterocycles. The quantitative estimate of drug-likeness (QED) is 0.182. The lowest BCUT2D eigenvalue weighted by Gasteiger charge is -2.14. The van der Waals surface area contributed by atoms with Crippen molar-refractivity contribution in [2.45, 2.75) is 0 Å². The second kappa shape index (κ2) is 11.7. The van der Waals surface area contributed by atoms with Crippen LogP contribution in [0.25, 0.3) is 88.7 Å². The van der Waals surface area contributed by atoms with Crippen LogP contribution in [0.2, 0.25) is 0 Å². The molecule has 3 nitrogen and oxygen atoms in total. The van der Waals surface area contributed by atoms with E-state index in [-0.39, 0.29) is 0 Å². The average molecular weight is 612 g/mol. The fourth-order valence-electron chi connectivity index (χ4n) is 6.69. The molecule has 0 atom stereocenters. The molecule has 0 fully saturated rings. The zero-order valence-electron chi connectivity index (χ0n) is 26.1. The van der Waals surface area contributed by atoms with Gasteiger partial charge in [0, 0.05) is 16.7 Å². The van der Waals surface area contributed by atoms with E-state index in [1.807, 2.05) is 12.1 Å². The summed E-state index contributed by atoms with van der Waals surface area (Å²) in [5.41, 5.74) is 7.52. The van der Waals surface area contributed by atoms with Crippen LogP contribution in [0.1, 0.15) is 0 Å². The van der Waals surface area contributed by atoms with Crippen LogP contribution in [0, 0.1) is 0 Å². The summed E-state index contributed by atoms with van der Waals surface area (Å²) in [7, 11) is 0. The predicted molar refractivity (Wildman–Crippen MR) is 200 cm³/mol. The average Bonchev–Trinajstić information content (AvgIpc) is 3.18. The molecule has 48 heavy (non-hydrogen) atoms. The van der Waals surface area contributed by atoms with Crippen molar-refractivity contribution in [3.63, 3.8) is 0 Å². The lowest BCUT2D eigenvalue weighted by Crippen LogP contribution is -2.01. The molecule has 8 aromatic carbocycles. The van der Waals surface area contributed by atoms with Gasteiger partial charge >= 0.3 is 0 Å². The van der Waals surface area contributed by atoms with Crippen LogP contribution >= 0.6 is 0 Å². The molecule has 0 unspecified atom stereocenters. The maximum absolute atomic E-state index is 5.18. The molecule has 0 aliphatic heterocycles. The molecule has 0 N–H and O–H groups in total. The van der Waals surface area contributed by atoms with Crippen molar-refractivity contribution in [1.29, 1.82) is 0 Å². The van der Waals surface area contributed by atoms with Gasteiger partial charge in [-0.05, 0) is 60.6 Å². The molecule has 0 spiro atoms. The van der Waals surface area contributed by atoms with Crippen LogP contribution in [0.4, 0.5) is 0 Å². The van der Waals surface area contributed by atoms with Gasteiger partial charge in [-0.25, -0.2) is 15.0 Å². The molecule has 0 saturated carbocycles. The van der Waals surface area contributed by atoms with E-state index < -0.39 is 0 Å². The minimum atomic E-state index is 0.642. The van der Waals surface area contributed by atoms with Gasteiger partial charge in [-0.15, -0.1) is 0 Å². The molecular formula is C45H29N3. The van der Waals surface area contributed by atoms with E-state index in [4.69, 9.17) is 15.0 Å². The van der Waals surface area contributed by atoms with Crippen LogP contribution in [0.3, 0.4) is 0 Å². The van der Waals surface area contributed by atoms with Crippen molar-refractivity contribution in [2.75, 3.05) is 0 Å². The monoisotopic (exact) mass is 611 g/mol. The number of benzene rings is 8. The van der Waals surface area contributed by atoms with Crippen molar-refractivity contribution in [2.24, 2.45) is 0 Å². The van der Waals surface area contributed by atoms with Gasteiger partial charge in [0.25, 0.3) is 0 Å². The molecule has 3 heteroatoms. The maximum atomic E-state index is 5.18. The van der Waals surface area contributed by atoms with E-state index in [1.165, 1.54) is 32.7 Å². The summed E-state index contributed by atoms with van der Waals surface area (Å²) < 4.78 is 0. The van der Waals surface area contributed by atoms with E-state index in [1.54, 1.807) is 0 Å². The van der Waals surface area contributed by atoms with Crippen LogP contribution in [0.5, 0.6) is 0 Å². The lowest BCUT2D eigenvalue weighted by atomic mass is 9.92. The first-order chi connectivity index (χ1) is 23.8. The van der Waals surface area contributed by atoms with E-state index in [0.29, 0.717) is 17.5 Å². The summed E-state index contributed by atoms with van der Waals surface area (Å²) in [6.07, 6.45) is 0. The standard InChI is InChI=1S/C45H29N3/c1-3-11-30(12-4-1)32-19-23-35(24-20-32)43-46-44(36-25-21-33(22-26-36)31-13-5-2-6-14-31)48-45(47-43)41-29-37-16-8-10-18-39(37)42-38-17-9-7-15-34(38)27-28-40(41)42/h1-29H. The molecule has 0 saturated heterocycles. The van der Waals surface area contributed by atoms with E-state index in [0.717, 1.165) is 38.6 Å². The molecule has 1 heterocycles. The Hall–Kier alpha value is -6.45. The maximum Gasteiger partial charge on any atom is 0.164 e. The van der Waals surface area contributed by atoms with Crippen LogP contribution in [0.15, 0.2) is 176 Å². The van der Waals surface area contributed by atoms with Gasteiger partial charge in [-0.3, -0.25) is 0 Å². The first-order valence-corrected chi connectivity index (χ1v) is 16.2. The minimum Gasteiger partial charge on any atom is -0.208 e. The van der Waals surface area contributed by atoms with Crippen molar-refractivity contribution < 1.29 is 0 Å². The number of aromatic nitrogens is 3. The summed E-state index contributed by atoms with van der Waals surface area (Å²) >= 11 is 0. The third-order valence-electron chi connectivity index (χ3n) is 9.13. The Labute approximate surface area is 278 Å². The van der Waals surface area contributed by atoms with Crippen molar-refractivity contribution >= 4 is 32.3 Å². The summed E-state index contributed by atoms with van der Waals surface area (Å²) in [5.74, 6) is 1.94. The highest BCUT2D eigenvalue weighted by atomic mass is 15.0. The summed E-state index contributed by atoms with van der Waals surface area (Å²) in [6.45, 7) is 0. The first-order valence-electron chi connectivity index (χ1n) is 16.2. The molecule has 9 rings (SSSR count).